The summed E-state index contributed by atoms with van der Waals surface area (Å²) >= 11 is 5.81. The summed E-state index contributed by atoms with van der Waals surface area (Å²) in [7, 11) is 1.88. The highest BCUT2D eigenvalue weighted by molar-refractivity contribution is 6.17. The summed E-state index contributed by atoms with van der Waals surface area (Å²) < 4.78 is 3.80. The number of hydrogen-bond donors (Lipinski definition) is 1. The van der Waals surface area contributed by atoms with Crippen molar-refractivity contribution < 1.29 is 4.79 Å². The first-order valence-electron chi connectivity index (χ1n) is 6.33. The van der Waals surface area contributed by atoms with Crippen LogP contribution in [-0.2, 0) is 31.2 Å². The molecule has 0 spiro atoms. The minimum atomic E-state index is -0.323. The highest BCUT2D eigenvalue weighted by Gasteiger charge is 2.18. The van der Waals surface area contributed by atoms with E-state index in [4.69, 9.17) is 17.3 Å². The van der Waals surface area contributed by atoms with Gasteiger partial charge in [-0.05, 0) is 6.42 Å². The Bertz CT molecular complexity index is 601. The van der Waals surface area contributed by atoms with E-state index in [1.54, 1.807) is 4.68 Å². The third-order valence-corrected chi connectivity index (χ3v) is 3.29. The Morgan fingerprint density at radius 3 is 2.79 bits per heavy atom. The highest BCUT2D eigenvalue weighted by Crippen LogP contribution is 2.21. The van der Waals surface area contributed by atoms with Gasteiger partial charge in [0.15, 0.2) is 5.65 Å². The second-order valence-corrected chi connectivity index (χ2v) is 4.81. The first-order valence-corrected chi connectivity index (χ1v) is 6.87. The molecular formula is C12H18ClN5O. The number of aryl methyl sites for hydroxylation is 4. The molecule has 104 valence electrons. The second-order valence-electron chi connectivity index (χ2n) is 4.43. The van der Waals surface area contributed by atoms with Crippen LogP contribution in [0.5, 0.6) is 0 Å². The van der Waals surface area contributed by atoms with Crippen molar-refractivity contribution in [3.8, 4) is 0 Å². The lowest BCUT2D eigenvalue weighted by Crippen LogP contribution is -2.16. The molecule has 0 unspecified atom stereocenters. The second kappa shape index (κ2) is 5.61. The molecule has 1 amide bonds. The first kappa shape index (κ1) is 13.9. The summed E-state index contributed by atoms with van der Waals surface area (Å²) in [5.41, 5.74) is 8.02. The van der Waals surface area contributed by atoms with Gasteiger partial charge in [0.05, 0.1) is 5.69 Å². The predicted octanol–water partition coefficient (Wildman–Crippen LogP) is 0.989. The number of imidazole rings is 1. The third kappa shape index (κ3) is 2.58. The van der Waals surface area contributed by atoms with Gasteiger partial charge in [-0.1, -0.05) is 6.92 Å². The maximum Gasteiger partial charge on any atom is 0.219 e. The van der Waals surface area contributed by atoms with E-state index in [2.05, 4.69) is 10.1 Å². The lowest BCUT2D eigenvalue weighted by Gasteiger charge is -2.07. The van der Waals surface area contributed by atoms with Crippen molar-refractivity contribution in [2.75, 3.05) is 5.88 Å². The van der Waals surface area contributed by atoms with Gasteiger partial charge in [-0.15, -0.1) is 11.6 Å². The molecule has 0 saturated carbocycles. The van der Waals surface area contributed by atoms with E-state index in [1.165, 1.54) is 0 Å². The topological polar surface area (TPSA) is 78.7 Å². The fraction of sp³-hybridized carbons (Fsp3) is 0.583. The van der Waals surface area contributed by atoms with Crippen molar-refractivity contribution in [1.82, 2.24) is 19.3 Å². The molecule has 0 aliphatic carbocycles. The summed E-state index contributed by atoms with van der Waals surface area (Å²) in [5, 5.41) is 4.44. The Morgan fingerprint density at radius 1 is 1.47 bits per heavy atom. The molecular weight excluding hydrogens is 266 g/mol. The van der Waals surface area contributed by atoms with Gasteiger partial charge < -0.3 is 10.3 Å². The molecule has 6 nitrogen and oxygen atoms in total. The number of nitrogens with zero attached hydrogens (tertiary/aromatic N) is 4. The van der Waals surface area contributed by atoms with E-state index in [1.807, 2.05) is 18.5 Å². The molecule has 0 aliphatic rings. The minimum Gasteiger partial charge on any atom is -0.370 e. The summed E-state index contributed by atoms with van der Waals surface area (Å²) in [6.07, 6.45) is 1.77. The summed E-state index contributed by atoms with van der Waals surface area (Å²) in [6, 6.07) is 0. The SMILES string of the molecule is CCc1nn(C)c2c1nc(CCCl)n2CCC(N)=O. The summed E-state index contributed by atoms with van der Waals surface area (Å²) in [5.74, 6) is 1.06. The fourth-order valence-corrected chi connectivity index (χ4v) is 2.43. The average molecular weight is 284 g/mol. The first-order chi connectivity index (χ1) is 9.08. The average Bonchev–Trinajstić information content (AvgIpc) is 2.86. The van der Waals surface area contributed by atoms with Crippen molar-refractivity contribution in [2.24, 2.45) is 12.8 Å². The molecule has 0 saturated heterocycles. The van der Waals surface area contributed by atoms with E-state index >= 15 is 0 Å². The van der Waals surface area contributed by atoms with Gasteiger partial charge >= 0.3 is 0 Å². The molecule has 2 aromatic heterocycles. The van der Waals surface area contributed by atoms with E-state index < -0.39 is 0 Å². The van der Waals surface area contributed by atoms with Crippen LogP contribution < -0.4 is 5.73 Å². The van der Waals surface area contributed by atoms with Crippen molar-refractivity contribution in [3.63, 3.8) is 0 Å². The van der Waals surface area contributed by atoms with Crippen LogP contribution in [0.1, 0.15) is 24.9 Å². The molecule has 2 N–H and O–H groups in total. The lowest BCUT2D eigenvalue weighted by atomic mass is 10.3. The Labute approximate surface area is 116 Å². The normalized spacial score (nSPS) is 11.3. The standard InChI is InChI=1S/C12H18ClN5O/c1-3-8-11-12(17(2)16-8)18(7-5-9(14)19)10(15-11)4-6-13/h3-7H2,1-2H3,(H2,14,19). The number of fused-ring (bicyclic) bond motifs is 1. The lowest BCUT2D eigenvalue weighted by molar-refractivity contribution is -0.118. The summed E-state index contributed by atoms with van der Waals surface area (Å²) in [6.45, 7) is 2.56. The molecule has 7 heteroatoms. The van der Waals surface area contributed by atoms with E-state index in [0.717, 1.165) is 29.1 Å². The molecule has 0 aliphatic heterocycles. The fourth-order valence-electron chi connectivity index (χ4n) is 2.26. The molecule has 0 bridgehead atoms. The molecule has 19 heavy (non-hydrogen) atoms. The van der Waals surface area contributed by atoms with E-state index in [-0.39, 0.29) is 12.3 Å². The van der Waals surface area contributed by atoms with Crippen molar-refractivity contribution >= 4 is 28.7 Å². The van der Waals surface area contributed by atoms with E-state index in [9.17, 15) is 4.79 Å². The molecule has 2 rings (SSSR count). The third-order valence-electron chi connectivity index (χ3n) is 3.11. The molecule has 0 aromatic carbocycles. The van der Waals surface area contributed by atoms with Crippen LogP contribution in [0.2, 0.25) is 0 Å². The molecule has 0 atom stereocenters. The van der Waals surface area contributed by atoms with Crippen LogP contribution in [0.4, 0.5) is 0 Å². The van der Waals surface area contributed by atoms with Crippen LogP contribution in [0, 0.1) is 0 Å². The maximum atomic E-state index is 11.0. The Morgan fingerprint density at radius 2 is 2.21 bits per heavy atom. The quantitative estimate of drug-likeness (QED) is 0.803. The number of alkyl halides is 1. The van der Waals surface area contributed by atoms with Crippen molar-refractivity contribution in [1.29, 1.82) is 0 Å². The zero-order valence-electron chi connectivity index (χ0n) is 11.2. The Hall–Kier alpha value is -1.56. The maximum absolute atomic E-state index is 11.0. The smallest absolute Gasteiger partial charge is 0.219 e. The molecule has 2 aromatic rings. The molecule has 0 fully saturated rings. The number of rotatable bonds is 6. The van der Waals surface area contributed by atoms with Crippen LogP contribution in [0.3, 0.4) is 0 Å². The van der Waals surface area contributed by atoms with Gasteiger partial charge in [0.25, 0.3) is 0 Å². The van der Waals surface area contributed by atoms with E-state index in [0.29, 0.717) is 18.8 Å². The van der Waals surface area contributed by atoms with Crippen LogP contribution in [-0.4, -0.2) is 31.1 Å². The zero-order chi connectivity index (χ0) is 14.0. The van der Waals surface area contributed by atoms with Gasteiger partial charge in [-0.25, -0.2) is 4.98 Å². The monoisotopic (exact) mass is 283 g/mol. The highest BCUT2D eigenvalue weighted by atomic mass is 35.5. The van der Waals surface area contributed by atoms with Crippen LogP contribution in [0.15, 0.2) is 0 Å². The number of nitrogens with two attached hydrogens (primary N) is 1. The number of amides is 1. The largest absolute Gasteiger partial charge is 0.370 e. The number of aromatic nitrogens is 4. The summed E-state index contributed by atoms with van der Waals surface area (Å²) in [4.78, 5) is 15.6. The molecule has 0 radical (unpaired) electrons. The van der Waals surface area contributed by atoms with Gasteiger partial charge in [-0.2, -0.15) is 5.10 Å². The number of carbonyl (C=O) groups excluding carboxylic acids is 1. The van der Waals surface area contributed by atoms with Gasteiger partial charge in [-0.3, -0.25) is 9.48 Å². The van der Waals surface area contributed by atoms with Crippen LogP contribution >= 0.6 is 11.6 Å². The Balaban J connectivity index is 2.52. The minimum absolute atomic E-state index is 0.285. The number of hydrogen-bond acceptors (Lipinski definition) is 3. The van der Waals surface area contributed by atoms with Crippen molar-refractivity contribution in [2.45, 2.75) is 32.7 Å². The Kier molecular flexibility index (Phi) is 4.09. The van der Waals surface area contributed by atoms with Gasteiger partial charge in [0.2, 0.25) is 5.91 Å². The van der Waals surface area contributed by atoms with Gasteiger partial charge in [0, 0.05) is 32.3 Å². The van der Waals surface area contributed by atoms with Crippen LogP contribution in [0.25, 0.3) is 11.2 Å². The number of halogens is 1. The number of primary amides is 1. The predicted molar refractivity (Wildman–Crippen MR) is 74.1 cm³/mol. The van der Waals surface area contributed by atoms with Gasteiger partial charge in [0.1, 0.15) is 11.3 Å². The van der Waals surface area contributed by atoms with Crippen molar-refractivity contribution in [3.05, 3.63) is 11.5 Å². The zero-order valence-corrected chi connectivity index (χ0v) is 11.9. The molecule has 2 heterocycles. The number of carbonyl (C=O) groups is 1.